The van der Waals surface area contributed by atoms with Crippen molar-refractivity contribution in [3.05, 3.63) is 0 Å². The number of hydrogen-bond donors (Lipinski definition) is 2. The number of carboxylic acids is 1. The van der Waals surface area contributed by atoms with E-state index in [0.29, 0.717) is 25.4 Å². The molecule has 0 radical (unpaired) electrons. The molecule has 1 aliphatic heterocycles. The van der Waals surface area contributed by atoms with Crippen LogP contribution in [0.2, 0.25) is 0 Å². The van der Waals surface area contributed by atoms with Crippen LogP contribution in [0, 0.1) is 17.3 Å². The highest BCUT2D eigenvalue weighted by atomic mass is 16.4. The Bertz CT molecular complexity index is 387. The Morgan fingerprint density at radius 3 is 2.62 bits per heavy atom. The zero-order chi connectivity index (χ0) is 15.5. The molecule has 0 aromatic rings. The summed E-state index contributed by atoms with van der Waals surface area (Å²) in [5.41, 5.74) is 5.89. The van der Waals surface area contributed by atoms with Crippen molar-refractivity contribution in [3.63, 3.8) is 0 Å². The Hall–Kier alpha value is -1.10. The summed E-state index contributed by atoms with van der Waals surface area (Å²) in [6.45, 7) is 4.12. The average Bonchev–Trinajstić information content (AvgIpc) is 2.42. The van der Waals surface area contributed by atoms with Crippen molar-refractivity contribution in [2.24, 2.45) is 23.0 Å². The highest BCUT2D eigenvalue weighted by Gasteiger charge is 2.39. The van der Waals surface area contributed by atoms with Gasteiger partial charge >= 0.3 is 5.97 Å². The number of hydrogen-bond acceptors (Lipinski definition) is 3. The minimum absolute atomic E-state index is 0.0523. The Morgan fingerprint density at radius 1 is 1.38 bits per heavy atom. The minimum Gasteiger partial charge on any atom is -0.481 e. The molecule has 1 aliphatic carbocycles. The van der Waals surface area contributed by atoms with Crippen LogP contribution in [0.25, 0.3) is 0 Å². The number of amides is 1. The van der Waals surface area contributed by atoms with Crippen molar-refractivity contribution in [2.75, 3.05) is 19.6 Å². The van der Waals surface area contributed by atoms with Crippen molar-refractivity contribution < 1.29 is 14.7 Å². The van der Waals surface area contributed by atoms with Crippen LogP contribution in [-0.2, 0) is 9.59 Å². The summed E-state index contributed by atoms with van der Waals surface area (Å²) in [5, 5.41) is 8.92. The van der Waals surface area contributed by atoms with E-state index in [1.165, 1.54) is 6.42 Å². The van der Waals surface area contributed by atoms with Crippen LogP contribution in [0.3, 0.4) is 0 Å². The summed E-state index contributed by atoms with van der Waals surface area (Å²) in [6.07, 6.45) is 6.10. The monoisotopic (exact) mass is 296 g/mol. The summed E-state index contributed by atoms with van der Waals surface area (Å²) in [6, 6.07) is 0. The average molecular weight is 296 g/mol. The second-order valence-corrected chi connectivity index (χ2v) is 7.05. The molecule has 1 heterocycles. The highest BCUT2D eigenvalue weighted by molar-refractivity contribution is 5.77. The molecule has 0 aromatic heterocycles. The first-order valence-electron chi connectivity index (χ1n) is 8.15. The van der Waals surface area contributed by atoms with Crippen molar-refractivity contribution in [1.29, 1.82) is 0 Å². The maximum atomic E-state index is 12.5. The predicted molar refractivity (Wildman–Crippen MR) is 80.7 cm³/mol. The Kier molecular flexibility index (Phi) is 5.25. The lowest BCUT2D eigenvalue weighted by Gasteiger charge is -2.43. The Labute approximate surface area is 126 Å². The first-order chi connectivity index (χ1) is 9.96. The number of piperidine rings is 1. The minimum atomic E-state index is -0.748. The molecule has 120 valence electrons. The molecular formula is C16H28N2O3. The van der Waals surface area contributed by atoms with Crippen LogP contribution in [0.1, 0.15) is 51.9 Å². The second-order valence-electron chi connectivity index (χ2n) is 7.05. The van der Waals surface area contributed by atoms with E-state index in [1.54, 1.807) is 0 Å². The van der Waals surface area contributed by atoms with Crippen LogP contribution in [-0.4, -0.2) is 41.5 Å². The molecule has 2 fully saturated rings. The number of rotatable bonds is 6. The van der Waals surface area contributed by atoms with Crippen LogP contribution in [0.4, 0.5) is 0 Å². The van der Waals surface area contributed by atoms with Crippen molar-refractivity contribution in [1.82, 2.24) is 4.90 Å². The number of aliphatic carboxylic acids is 1. The van der Waals surface area contributed by atoms with Gasteiger partial charge in [-0.05, 0) is 49.5 Å². The number of carbonyl (C=O) groups is 2. The predicted octanol–water partition coefficient (Wildman–Crippen LogP) is 1.85. The van der Waals surface area contributed by atoms with E-state index < -0.39 is 5.97 Å². The van der Waals surface area contributed by atoms with E-state index in [1.807, 2.05) is 11.8 Å². The summed E-state index contributed by atoms with van der Waals surface area (Å²) in [7, 11) is 0. The third kappa shape index (κ3) is 3.96. The molecule has 0 aromatic carbocycles. The molecule has 1 amide bonds. The molecule has 2 atom stereocenters. The van der Waals surface area contributed by atoms with Gasteiger partial charge in [0.25, 0.3) is 0 Å². The van der Waals surface area contributed by atoms with Crippen LogP contribution in [0.5, 0.6) is 0 Å². The second kappa shape index (κ2) is 6.77. The summed E-state index contributed by atoms with van der Waals surface area (Å²) in [5.74, 6) is -0.0887. The summed E-state index contributed by atoms with van der Waals surface area (Å²) >= 11 is 0. The lowest BCUT2D eigenvalue weighted by molar-refractivity contribution is -0.139. The van der Waals surface area contributed by atoms with Gasteiger partial charge in [-0.15, -0.1) is 0 Å². The number of carbonyl (C=O) groups excluding carboxylic acids is 1. The Balaban J connectivity index is 1.88. The lowest BCUT2D eigenvalue weighted by atomic mass is 9.66. The molecule has 5 heteroatoms. The quantitative estimate of drug-likeness (QED) is 0.783. The van der Waals surface area contributed by atoms with Gasteiger partial charge in [0.15, 0.2) is 0 Å². The molecular weight excluding hydrogens is 268 g/mol. The molecule has 3 N–H and O–H groups in total. The fourth-order valence-corrected chi connectivity index (χ4v) is 3.71. The molecule has 0 spiro atoms. The van der Waals surface area contributed by atoms with Gasteiger partial charge < -0.3 is 15.7 Å². The summed E-state index contributed by atoms with van der Waals surface area (Å²) < 4.78 is 0. The highest BCUT2D eigenvalue weighted by Crippen LogP contribution is 2.43. The van der Waals surface area contributed by atoms with E-state index in [2.05, 4.69) is 0 Å². The first-order valence-corrected chi connectivity index (χ1v) is 8.15. The fraction of sp³-hybridized carbons (Fsp3) is 0.875. The number of nitrogens with zero attached hydrogens (tertiary/aromatic N) is 1. The van der Waals surface area contributed by atoms with Crippen molar-refractivity contribution in [2.45, 2.75) is 51.9 Å². The van der Waals surface area contributed by atoms with Gasteiger partial charge in [-0.1, -0.05) is 13.3 Å². The van der Waals surface area contributed by atoms with Gasteiger partial charge in [0.2, 0.25) is 5.91 Å². The molecule has 21 heavy (non-hydrogen) atoms. The molecule has 2 unspecified atom stereocenters. The Morgan fingerprint density at radius 2 is 2.10 bits per heavy atom. The zero-order valence-electron chi connectivity index (χ0n) is 13.0. The standard InChI is InChI=1S/C16H28N2O3/c1-12(8-15(20)21)13-4-2-7-18(10-13)14(19)9-16(11-17)5-3-6-16/h12-13H,2-11,17H2,1H3,(H,20,21). The zero-order valence-corrected chi connectivity index (χ0v) is 13.0. The smallest absolute Gasteiger partial charge is 0.303 e. The number of likely N-dealkylation sites (tertiary alicyclic amines) is 1. The van der Waals surface area contributed by atoms with E-state index in [4.69, 9.17) is 10.8 Å². The largest absolute Gasteiger partial charge is 0.481 e. The van der Waals surface area contributed by atoms with Gasteiger partial charge in [-0.25, -0.2) is 0 Å². The molecule has 1 saturated carbocycles. The molecule has 1 saturated heterocycles. The SMILES string of the molecule is CC(CC(=O)O)C1CCCN(C(=O)CC2(CN)CCC2)C1. The van der Waals surface area contributed by atoms with Gasteiger partial charge in [0.05, 0.1) is 0 Å². The fourth-order valence-electron chi connectivity index (χ4n) is 3.71. The van der Waals surface area contributed by atoms with Crippen LogP contribution >= 0.6 is 0 Å². The van der Waals surface area contributed by atoms with Gasteiger partial charge in [-0.2, -0.15) is 0 Å². The van der Waals surface area contributed by atoms with Crippen molar-refractivity contribution >= 4 is 11.9 Å². The van der Waals surface area contributed by atoms with Gasteiger partial charge in [-0.3, -0.25) is 9.59 Å². The van der Waals surface area contributed by atoms with E-state index in [9.17, 15) is 9.59 Å². The summed E-state index contributed by atoms with van der Waals surface area (Å²) in [4.78, 5) is 25.3. The first kappa shape index (κ1) is 16.3. The number of nitrogens with two attached hydrogens (primary N) is 1. The van der Waals surface area contributed by atoms with Crippen LogP contribution < -0.4 is 5.73 Å². The third-order valence-electron chi connectivity index (χ3n) is 5.49. The molecule has 5 nitrogen and oxygen atoms in total. The van der Waals surface area contributed by atoms with Gasteiger partial charge in [0, 0.05) is 25.9 Å². The normalized spacial score (nSPS) is 26.0. The number of carboxylic acid groups (broad SMARTS) is 1. The molecule has 0 bridgehead atoms. The van der Waals surface area contributed by atoms with Crippen LogP contribution in [0.15, 0.2) is 0 Å². The lowest BCUT2D eigenvalue weighted by Crippen LogP contribution is -2.47. The van der Waals surface area contributed by atoms with E-state index in [0.717, 1.165) is 32.2 Å². The van der Waals surface area contributed by atoms with Gasteiger partial charge in [0.1, 0.15) is 0 Å². The van der Waals surface area contributed by atoms with E-state index in [-0.39, 0.29) is 23.7 Å². The topological polar surface area (TPSA) is 83.6 Å². The van der Waals surface area contributed by atoms with Crippen molar-refractivity contribution in [3.8, 4) is 0 Å². The third-order valence-corrected chi connectivity index (χ3v) is 5.49. The van der Waals surface area contributed by atoms with E-state index >= 15 is 0 Å². The molecule has 2 aliphatic rings. The maximum absolute atomic E-state index is 12.5. The molecule has 2 rings (SSSR count). The maximum Gasteiger partial charge on any atom is 0.303 e.